The summed E-state index contributed by atoms with van der Waals surface area (Å²) in [6, 6.07) is 0. The van der Waals surface area contributed by atoms with Crippen LogP contribution >= 0.6 is 0 Å². The molecule has 2 N–H and O–H groups in total. The molecule has 6 nitrogen and oxygen atoms in total. The normalized spacial score (nSPS) is 32.6. The van der Waals surface area contributed by atoms with Crippen molar-refractivity contribution in [2.45, 2.75) is 223 Å². The highest BCUT2D eigenvalue weighted by molar-refractivity contribution is 5.81. The number of carbonyl (C=O) groups is 2. The van der Waals surface area contributed by atoms with Crippen LogP contribution in [0.4, 0.5) is 119 Å². The molecule has 6 fully saturated rings. The molecule has 0 aliphatic heterocycles. The molecule has 83 heavy (non-hydrogen) atoms. The summed E-state index contributed by atoms with van der Waals surface area (Å²) in [7, 11) is 0. The fourth-order valence-corrected chi connectivity index (χ4v) is 12.1. The Bertz CT molecular complexity index is 2140. The molecule has 0 amide bonds. The summed E-state index contributed by atoms with van der Waals surface area (Å²) in [5, 5.41) is 19.0. The summed E-state index contributed by atoms with van der Waals surface area (Å²) < 4.78 is 357. The Balaban J connectivity index is 0.000000386. The van der Waals surface area contributed by atoms with Gasteiger partial charge in [0.1, 0.15) is 23.8 Å². The SMILES string of the molecule is CC(C)(C)OC(=O)C1(F)CC2CCC1C2.CC(F)(F)CF.CC1C2CC(C1C)C(C(F)(F)F)(C(O)(C(F)(F)F)C(F)(F)F)C2.CCC(C)(C(=O)OC1CC2CC1C(F)(C(O)(C(F)(F)F)C(F)(F)F)C2)C(F)(F)F.CCC(C)(CF)C(F)(F)F. The second-order valence-electron chi connectivity index (χ2n) is 24.2. The first-order chi connectivity index (χ1) is 36.5. The number of fused-ring (bicyclic) bond motifs is 6. The summed E-state index contributed by atoms with van der Waals surface area (Å²) in [6.45, 7) is 9.35. The minimum Gasteiger partial charge on any atom is -0.461 e. The van der Waals surface area contributed by atoms with E-state index in [2.05, 4.69) is 4.74 Å². The Kier molecular flexibility index (Phi) is 22.1. The van der Waals surface area contributed by atoms with Gasteiger partial charge in [0.05, 0.1) is 5.41 Å². The molecule has 6 rings (SSSR count). The molecule has 6 aliphatic carbocycles. The van der Waals surface area contributed by atoms with Crippen LogP contribution in [0.1, 0.15) is 140 Å². The second kappa shape index (κ2) is 24.2. The number of rotatable bonds is 9. The molecule has 0 heterocycles. The van der Waals surface area contributed by atoms with E-state index in [4.69, 9.17) is 4.74 Å². The van der Waals surface area contributed by atoms with Crippen LogP contribution in [0.3, 0.4) is 0 Å². The summed E-state index contributed by atoms with van der Waals surface area (Å²) in [4.78, 5) is 23.8. The van der Waals surface area contributed by atoms with E-state index in [1.54, 1.807) is 20.8 Å². The predicted molar refractivity (Wildman–Crippen MR) is 238 cm³/mol. The van der Waals surface area contributed by atoms with Gasteiger partial charge in [-0.25, -0.2) is 26.7 Å². The molecule has 14 unspecified atom stereocenters. The number of esters is 2. The van der Waals surface area contributed by atoms with Crippen LogP contribution in [0.15, 0.2) is 0 Å². The van der Waals surface area contributed by atoms with Crippen molar-refractivity contribution in [1.29, 1.82) is 0 Å². The Labute approximate surface area is 459 Å². The molecular weight excluding hydrogens is 1210 g/mol. The first-order valence-corrected chi connectivity index (χ1v) is 25.8. The lowest BCUT2D eigenvalue weighted by atomic mass is 9.56. The van der Waals surface area contributed by atoms with Gasteiger partial charge in [0.2, 0.25) is 5.67 Å². The molecule has 0 aromatic rings. The van der Waals surface area contributed by atoms with Crippen molar-refractivity contribution in [2.75, 3.05) is 13.3 Å². The van der Waals surface area contributed by atoms with E-state index in [0.717, 1.165) is 33.1 Å². The summed E-state index contributed by atoms with van der Waals surface area (Å²) in [5.74, 6) is -13.1. The van der Waals surface area contributed by atoms with Gasteiger partial charge in [0.25, 0.3) is 17.1 Å². The van der Waals surface area contributed by atoms with Crippen molar-refractivity contribution in [2.24, 2.45) is 63.6 Å². The van der Waals surface area contributed by atoms with Gasteiger partial charge < -0.3 is 19.7 Å². The smallest absolute Gasteiger partial charge is 0.429 e. The van der Waals surface area contributed by atoms with Gasteiger partial charge in [-0.2, -0.15) is 92.2 Å². The van der Waals surface area contributed by atoms with Crippen LogP contribution in [-0.4, -0.2) is 119 Å². The zero-order chi connectivity index (χ0) is 66.0. The monoisotopic (exact) mass is 1280 g/mol. The zero-order valence-electron chi connectivity index (χ0n) is 46.1. The van der Waals surface area contributed by atoms with Gasteiger partial charge in [-0.1, -0.05) is 27.7 Å². The number of aliphatic hydroxyl groups is 2. The highest BCUT2D eigenvalue weighted by Gasteiger charge is 2.90. The van der Waals surface area contributed by atoms with Gasteiger partial charge in [0.15, 0.2) is 17.8 Å². The Hall–Kier alpha value is -3.03. The van der Waals surface area contributed by atoms with E-state index < -0.39 is 199 Å². The Morgan fingerprint density at radius 2 is 0.988 bits per heavy atom. The zero-order valence-corrected chi connectivity index (χ0v) is 46.1. The van der Waals surface area contributed by atoms with Crippen molar-refractivity contribution in [3.8, 4) is 0 Å². The van der Waals surface area contributed by atoms with E-state index >= 15 is 4.39 Å². The third kappa shape index (κ3) is 14.3. The van der Waals surface area contributed by atoms with E-state index in [0.29, 0.717) is 26.2 Å². The van der Waals surface area contributed by atoms with Crippen LogP contribution in [0.25, 0.3) is 0 Å². The maximum Gasteiger partial charge on any atom is 0.429 e. The minimum absolute atomic E-state index is 0.0858. The average Bonchev–Trinajstić information content (AvgIpc) is 4.17. The fourth-order valence-electron chi connectivity index (χ4n) is 12.1. The van der Waals surface area contributed by atoms with E-state index in [-0.39, 0.29) is 12.3 Å². The molecule has 0 spiro atoms. The second-order valence-corrected chi connectivity index (χ2v) is 24.2. The summed E-state index contributed by atoms with van der Waals surface area (Å²) in [6.07, 6.45) is -45.2. The summed E-state index contributed by atoms with van der Waals surface area (Å²) in [5.41, 5.74) is -27.6. The lowest BCUT2D eigenvalue weighted by Crippen LogP contribution is -2.73. The van der Waals surface area contributed by atoms with E-state index in [1.165, 1.54) is 20.8 Å². The Morgan fingerprint density at radius 3 is 1.25 bits per heavy atom. The number of carbonyl (C=O) groups excluding carboxylic acids is 2. The van der Waals surface area contributed by atoms with Crippen LogP contribution < -0.4 is 0 Å². The Morgan fingerprint density at radius 1 is 0.530 bits per heavy atom. The lowest BCUT2D eigenvalue weighted by Gasteiger charge is -2.53. The van der Waals surface area contributed by atoms with Gasteiger partial charge in [-0.15, -0.1) is 0 Å². The molecule has 0 aromatic carbocycles. The maximum absolute atomic E-state index is 15.3. The van der Waals surface area contributed by atoms with Gasteiger partial charge in [-0.05, 0) is 141 Å². The lowest BCUT2D eigenvalue weighted by molar-refractivity contribution is -0.450. The van der Waals surface area contributed by atoms with Crippen molar-refractivity contribution in [3.05, 3.63) is 0 Å². The van der Waals surface area contributed by atoms with Gasteiger partial charge in [0, 0.05) is 18.8 Å². The number of halogens is 27. The molecule has 6 aliphatic rings. The average molecular weight is 1280 g/mol. The molecule has 492 valence electrons. The molecule has 14 atom stereocenters. The van der Waals surface area contributed by atoms with Crippen LogP contribution in [0.5, 0.6) is 0 Å². The highest BCUT2D eigenvalue weighted by Crippen LogP contribution is 2.74. The molecule has 6 bridgehead atoms. The number of hydrogen-bond acceptors (Lipinski definition) is 6. The minimum atomic E-state index is -6.49. The summed E-state index contributed by atoms with van der Waals surface area (Å²) >= 11 is 0. The third-order valence-corrected chi connectivity index (χ3v) is 17.7. The largest absolute Gasteiger partial charge is 0.461 e. The maximum atomic E-state index is 15.3. The van der Waals surface area contributed by atoms with E-state index in [1.807, 2.05) is 0 Å². The van der Waals surface area contributed by atoms with Crippen molar-refractivity contribution < 1.29 is 148 Å². The molecule has 0 saturated heterocycles. The van der Waals surface area contributed by atoms with Crippen LogP contribution in [0.2, 0.25) is 0 Å². The predicted octanol–water partition coefficient (Wildman–Crippen LogP) is 17.0. The molecule has 33 heteroatoms. The van der Waals surface area contributed by atoms with E-state index in [9.17, 15) is 134 Å². The molecule has 0 radical (unpaired) electrons. The molecule has 0 aromatic heterocycles. The molecule has 6 saturated carbocycles. The van der Waals surface area contributed by atoms with Crippen molar-refractivity contribution in [1.82, 2.24) is 0 Å². The molecular formula is C50H67F27O6. The number of hydrogen-bond donors (Lipinski definition) is 2. The number of ether oxygens (including phenoxy) is 2. The standard InChI is InChI=1S/C16H18F10O3.C13H15F9O.C12H19FO2.C6H10F4.C3H5F3/c1-3-11(2,14(18,19)20)10(27)29-9-5-7-4-8(9)12(17,6-7)13(28,15(21,22)23)16(24,25)26;1-5-6(2)8-3-7(5)4-9(8,11(14,15)16)10(23,12(17,18)19)13(20,21)22;1-11(2,3)15-10(14)12(13)7-8-4-5-9(12)6-8;1-3-5(2,4-7)6(8,9)10;1-3(5,6)2-4/h7-9,28H,3-6H2,1-2H3;5-8,23H,3-4H2,1-2H3;8-9H,4-7H2,1-3H3;3-4H2,1-2H3;2H2,1H3. The quantitative estimate of drug-likeness (QED) is 0.176. The van der Waals surface area contributed by atoms with Gasteiger partial charge >= 0.3 is 55.2 Å². The van der Waals surface area contributed by atoms with Gasteiger partial charge in [-0.3, -0.25) is 9.18 Å². The topological polar surface area (TPSA) is 93.1 Å². The van der Waals surface area contributed by atoms with Crippen molar-refractivity contribution in [3.63, 3.8) is 0 Å². The first kappa shape index (κ1) is 76.1. The van der Waals surface area contributed by atoms with Crippen LogP contribution in [-0.2, 0) is 19.1 Å². The first-order valence-electron chi connectivity index (χ1n) is 25.8. The highest BCUT2D eigenvalue weighted by atomic mass is 19.4. The fraction of sp³-hybridized carbons (Fsp3) is 0.960. The van der Waals surface area contributed by atoms with Crippen molar-refractivity contribution >= 4 is 11.9 Å². The van der Waals surface area contributed by atoms with Crippen LogP contribution in [0, 0.1) is 63.6 Å². The third-order valence-electron chi connectivity index (χ3n) is 17.7. The number of alkyl halides is 27.